The van der Waals surface area contributed by atoms with Crippen LogP contribution in [0, 0.1) is 6.92 Å². The van der Waals surface area contributed by atoms with E-state index in [0.717, 1.165) is 11.3 Å². The van der Waals surface area contributed by atoms with Gasteiger partial charge in [0.25, 0.3) is 5.91 Å². The summed E-state index contributed by atoms with van der Waals surface area (Å²) in [6.45, 7) is 4.26. The Morgan fingerprint density at radius 1 is 1.35 bits per heavy atom. The standard InChI is InChI=1S/C18H22N4O3S/c1-3-22(15-8-10-26(24,25)12-15)17(23)16-7-9-19-18(21-16)20-14-6-4-5-13(2)11-14/h4-7,9,11,15H,3,8,10,12H2,1-2H3,(H,19,20,21). The molecule has 1 aromatic carbocycles. The van der Waals surface area contributed by atoms with Gasteiger partial charge in [-0.1, -0.05) is 12.1 Å². The van der Waals surface area contributed by atoms with Crippen molar-refractivity contribution in [3.8, 4) is 0 Å². The highest BCUT2D eigenvalue weighted by molar-refractivity contribution is 7.91. The summed E-state index contributed by atoms with van der Waals surface area (Å²) in [6.07, 6.45) is 2.00. The maximum atomic E-state index is 12.8. The van der Waals surface area contributed by atoms with E-state index in [0.29, 0.717) is 18.9 Å². The molecule has 1 fully saturated rings. The number of benzene rings is 1. The Bertz CT molecular complexity index is 914. The number of nitrogens with zero attached hydrogens (tertiary/aromatic N) is 3. The molecule has 138 valence electrons. The van der Waals surface area contributed by atoms with Crippen LogP contribution >= 0.6 is 0 Å². The van der Waals surface area contributed by atoms with Crippen LogP contribution in [0.15, 0.2) is 36.5 Å². The minimum atomic E-state index is -3.06. The lowest BCUT2D eigenvalue weighted by molar-refractivity contribution is 0.0702. The van der Waals surface area contributed by atoms with Crippen LogP contribution < -0.4 is 5.32 Å². The van der Waals surface area contributed by atoms with Gasteiger partial charge < -0.3 is 10.2 Å². The van der Waals surface area contributed by atoms with Gasteiger partial charge in [0.2, 0.25) is 5.95 Å². The van der Waals surface area contributed by atoms with E-state index < -0.39 is 9.84 Å². The smallest absolute Gasteiger partial charge is 0.272 e. The number of sulfone groups is 1. The van der Waals surface area contributed by atoms with E-state index in [2.05, 4.69) is 15.3 Å². The van der Waals surface area contributed by atoms with Crippen LogP contribution in [0.25, 0.3) is 0 Å². The Morgan fingerprint density at radius 2 is 2.15 bits per heavy atom. The average Bonchev–Trinajstić information content (AvgIpc) is 2.95. The van der Waals surface area contributed by atoms with Gasteiger partial charge in [-0.05, 0) is 44.0 Å². The lowest BCUT2D eigenvalue weighted by Crippen LogP contribution is -2.41. The first kappa shape index (κ1) is 18.3. The Hall–Kier alpha value is -2.48. The lowest BCUT2D eigenvalue weighted by Gasteiger charge is -2.26. The van der Waals surface area contributed by atoms with Crippen molar-refractivity contribution in [2.75, 3.05) is 23.4 Å². The van der Waals surface area contributed by atoms with E-state index in [9.17, 15) is 13.2 Å². The molecule has 1 atom stereocenters. The van der Waals surface area contributed by atoms with Gasteiger partial charge in [-0.25, -0.2) is 18.4 Å². The van der Waals surface area contributed by atoms with Gasteiger partial charge in [0.1, 0.15) is 5.69 Å². The fraction of sp³-hybridized carbons (Fsp3) is 0.389. The van der Waals surface area contributed by atoms with Crippen molar-refractivity contribution in [2.24, 2.45) is 0 Å². The second-order valence-corrected chi connectivity index (χ2v) is 8.64. The summed E-state index contributed by atoms with van der Waals surface area (Å²) in [5, 5.41) is 3.09. The average molecular weight is 374 g/mol. The largest absolute Gasteiger partial charge is 0.334 e. The van der Waals surface area contributed by atoms with Crippen LogP contribution in [-0.2, 0) is 9.84 Å². The number of carbonyl (C=O) groups excluding carboxylic acids is 1. The molecule has 3 rings (SSSR count). The number of anilines is 2. The zero-order valence-electron chi connectivity index (χ0n) is 14.8. The summed E-state index contributed by atoms with van der Waals surface area (Å²) in [5.41, 5.74) is 2.19. The predicted molar refractivity (Wildman–Crippen MR) is 100 cm³/mol. The van der Waals surface area contributed by atoms with Crippen molar-refractivity contribution < 1.29 is 13.2 Å². The van der Waals surface area contributed by atoms with Crippen LogP contribution in [-0.4, -0.2) is 53.3 Å². The number of hydrogen-bond donors (Lipinski definition) is 1. The number of carbonyl (C=O) groups is 1. The molecule has 0 bridgehead atoms. The molecule has 1 aromatic heterocycles. The quantitative estimate of drug-likeness (QED) is 0.862. The summed E-state index contributed by atoms with van der Waals surface area (Å²) in [6, 6.07) is 9.02. The Kier molecular flexibility index (Phi) is 5.22. The second-order valence-electron chi connectivity index (χ2n) is 6.41. The Labute approximate surface area is 153 Å². The summed E-state index contributed by atoms with van der Waals surface area (Å²) in [5.74, 6) is 0.207. The van der Waals surface area contributed by atoms with E-state index in [-0.39, 0.29) is 29.1 Å². The molecule has 1 aliphatic heterocycles. The molecule has 1 unspecified atom stereocenters. The van der Waals surface area contributed by atoms with Crippen LogP contribution in [0.4, 0.5) is 11.6 Å². The van der Waals surface area contributed by atoms with Crippen molar-refractivity contribution in [1.82, 2.24) is 14.9 Å². The first-order valence-electron chi connectivity index (χ1n) is 8.56. The summed E-state index contributed by atoms with van der Waals surface area (Å²) >= 11 is 0. The van der Waals surface area contributed by atoms with Gasteiger partial charge in [0, 0.05) is 24.5 Å². The molecule has 1 N–H and O–H groups in total. The van der Waals surface area contributed by atoms with Gasteiger partial charge in [-0.2, -0.15) is 0 Å². The van der Waals surface area contributed by atoms with Crippen molar-refractivity contribution in [3.05, 3.63) is 47.8 Å². The van der Waals surface area contributed by atoms with Crippen molar-refractivity contribution >= 4 is 27.4 Å². The van der Waals surface area contributed by atoms with Gasteiger partial charge in [-0.3, -0.25) is 4.79 Å². The third kappa shape index (κ3) is 4.19. The molecule has 0 saturated carbocycles. The molecular formula is C18H22N4O3S. The molecule has 0 aliphatic carbocycles. The first-order chi connectivity index (χ1) is 12.4. The highest BCUT2D eigenvalue weighted by Crippen LogP contribution is 2.20. The van der Waals surface area contributed by atoms with Crippen LogP contribution in [0.3, 0.4) is 0 Å². The predicted octanol–water partition coefficient (Wildman–Crippen LogP) is 2.18. The minimum absolute atomic E-state index is 0.0199. The topological polar surface area (TPSA) is 92.3 Å². The minimum Gasteiger partial charge on any atom is -0.334 e. The SMILES string of the molecule is CCN(C(=O)c1ccnc(Nc2cccc(C)c2)n1)C1CCS(=O)(=O)C1. The molecule has 1 aliphatic rings. The summed E-state index contributed by atoms with van der Waals surface area (Å²) in [7, 11) is -3.06. The molecule has 0 spiro atoms. The van der Waals surface area contributed by atoms with Crippen molar-refractivity contribution in [1.29, 1.82) is 0 Å². The zero-order valence-corrected chi connectivity index (χ0v) is 15.7. The molecule has 1 amide bonds. The van der Waals surface area contributed by atoms with Gasteiger partial charge >= 0.3 is 0 Å². The highest BCUT2D eigenvalue weighted by Gasteiger charge is 2.34. The van der Waals surface area contributed by atoms with E-state index in [1.54, 1.807) is 11.0 Å². The van der Waals surface area contributed by atoms with Crippen LogP contribution in [0.5, 0.6) is 0 Å². The van der Waals surface area contributed by atoms with Crippen LogP contribution in [0.2, 0.25) is 0 Å². The normalized spacial score (nSPS) is 18.5. The number of aromatic nitrogens is 2. The van der Waals surface area contributed by atoms with E-state index in [4.69, 9.17) is 0 Å². The highest BCUT2D eigenvalue weighted by atomic mass is 32.2. The van der Waals surface area contributed by atoms with Crippen molar-refractivity contribution in [3.63, 3.8) is 0 Å². The second kappa shape index (κ2) is 7.41. The molecule has 8 heteroatoms. The third-order valence-corrected chi connectivity index (χ3v) is 6.15. The fourth-order valence-electron chi connectivity index (χ4n) is 3.13. The number of amides is 1. The van der Waals surface area contributed by atoms with E-state index in [1.165, 1.54) is 6.20 Å². The molecule has 7 nitrogen and oxygen atoms in total. The zero-order chi connectivity index (χ0) is 18.7. The number of nitrogens with one attached hydrogen (secondary N) is 1. The van der Waals surface area contributed by atoms with Gasteiger partial charge in [0.05, 0.1) is 11.5 Å². The molecule has 1 saturated heterocycles. The van der Waals surface area contributed by atoms with Gasteiger partial charge in [0.15, 0.2) is 9.84 Å². The molecular weight excluding hydrogens is 352 g/mol. The summed E-state index contributed by atoms with van der Waals surface area (Å²) < 4.78 is 23.5. The van der Waals surface area contributed by atoms with E-state index in [1.807, 2.05) is 38.1 Å². The summed E-state index contributed by atoms with van der Waals surface area (Å²) in [4.78, 5) is 22.9. The Morgan fingerprint density at radius 3 is 2.81 bits per heavy atom. The van der Waals surface area contributed by atoms with Crippen molar-refractivity contribution in [2.45, 2.75) is 26.3 Å². The lowest BCUT2D eigenvalue weighted by atomic mass is 10.2. The third-order valence-electron chi connectivity index (χ3n) is 4.40. The molecule has 0 radical (unpaired) electrons. The molecule has 2 heterocycles. The van der Waals surface area contributed by atoms with Crippen LogP contribution in [0.1, 0.15) is 29.4 Å². The number of aryl methyl sites for hydroxylation is 1. The maximum absolute atomic E-state index is 12.8. The Balaban J connectivity index is 1.79. The van der Waals surface area contributed by atoms with E-state index >= 15 is 0 Å². The van der Waals surface area contributed by atoms with Gasteiger partial charge in [-0.15, -0.1) is 0 Å². The first-order valence-corrected chi connectivity index (χ1v) is 10.4. The monoisotopic (exact) mass is 374 g/mol. The number of rotatable bonds is 5. The fourth-order valence-corrected chi connectivity index (χ4v) is 4.86. The molecule has 26 heavy (non-hydrogen) atoms. The maximum Gasteiger partial charge on any atom is 0.272 e. The molecule has 2 aromatic rings. The number of hydrogen-bond acceptors (Lipinski definition) is 6.